The number of hydrogen-bond acceptors (Lipinski definition) is 2. The molecule has 0 N–H and O–H groups in total. The first-order chi connectivity index (χ1) is 8.36. The molecular formula is C15H24OS. The van der Waals surface area contributed by atoms with Gasteiger partial charge in [0.25, 0.3) is 0 Å². The standard InChI is InChI=1S/C15H24OS/c1-2-3-7-14-8-10-15(11-9-14)16-12-5-4-6-13-17/h8-11,17H,2-7,12-13H2,1H3. The molecule has 0 amide bonds. The molecule has 1 aromatic carbocycles. The van der Waals surface area contributed by atoms with Gasteiger partial charge in [-0.05, 0) is 55.6 Å². The average Bonchev–Trinajstić information content (AvgIpc) is 2.37. The fraction of sp³-hybridized carbons (Fsp3) is 0.600. The van der Waals surface area contributed by atoms with Crippen molar-refractivity contribution in [3.63, 3.8) is 0 Å². The van der Waals surface area contributed by atoms with E-state index in [1.807, 2.05) is 0 Å². The maximum absolute atomic E-state index is 5.69. The first-order valence-electron chi connectivity index (χ1n) is 6.69. The maximum atomic E-state index is 5.69. The van der Waals surface area contributed by atoms with E-state index < -0.39 is 0 Å². The quantitative estimate of drug-likeness (QED) is 0.502. The molecule has 0 unspecified atom stereocenters. The lowest BCUT2D eigenvalue weighted by Gasteiger charge is -2.06. The highest BCUT2D eigenvalue weighted by molar-refractivity contribution is 7.80. The van der Waals surface area contributed by atoms with Crippen LogP contribution in [0.15, 0.2) is 24.3 Å². The summed E-state index contributed by atoms with van der Waals surface area (Å²) in [4.78, 5) is 0. The fourth-order valence-corrected chi connectivity index (χ4v) is 1.94. The summed E-state index contributed by atoms with van der Waals surface area (Å²) < 4.78 is 5.69. The molecule has 1 aromatic rings. The molecule has 0 aliphatic heterocycles. The Bertz CT molecular complexity index is 281. The van der Waals surface area contributed by atoms with Crippen LogP contribution in [-0.2, 0) is 6.42 Å². The van der Waals surface area contributed by atoms with Crippen molar-refractivity contribution >= 4 is 12.6 Å². The molecular weight excluding hydrogens is 228 g/mol. The minimum absolute atomic E-state index is 0.822. The summed E-state index contributed by atoms with van der Waals surface area (Å²) in [5.41, 5.74) is 1.41. The van der Waals surface area contributed by atoms with Crippen LogP contribution in [0.3, 0.4) is 0 Å². The lowest BCUT2D eigenvalue weighted by atomic mass is 10.1. The van der Waals surface area contributed by atoms with E-state index in [-0.39, 0.29) is 0 Å². The first kappa shape index (κ1) is 14.4. The van der Waals surface area contributed by atoms with Gasteiger partial charge >= 0.3 is 0 Å². The third-order valence-electron chi connectivity index (χ3n) is 2.81. The van der Waals surface area contributed by atoms with Gasteiger partial charge in [0.2, 0.25) is 0 Å². The van der Waals surface area contributed by atoms with E-state index in [9.17, 15) is 0 Å². The normalized spacial score (nSPS) is 10.5. The van der Waals surface area contributed by atoms with E-state index in [0.29, 0.717) is 0 Å². The third-order valence-corrected chi connectivity index (χ3v) is 3.13. The lowest BCUT2D eigenvalue weighted by molar-refractivity contribution is 0.306. The molecule has 0 bridgehead atoms. The van der Waals surface area contributed by atoms with Gasteiger partial charge in [-0.1, -0.05) is 25.5 Å². The molecule has 0 heterocycles. The van der Waals surface area contributed by atoms with Crippen LogP contribution in [0.25, 0.3) is 0 Å². The first-order valence-corrected chi connectivity index (χ1v) is 7.32. The summed E-state index contributed by atoms with van der Waals surface area (Å²) >= 11 is 4.19. The maximum Gasteiger partial charge on any atom is 0.119 e. The smallest absolute Gasteiger partial charge is 0.119 e. The summed E-state index contributed by atoms with van der Waals surface area (Å²) in [6.07, 6.45) is 7.21. The van der Waals surface area contributed by atoms with Crippen molar-refractivity contribution < 1.29 is 4.74 Å². The van der Waals surface area contributed by atoms with Gasteiger partial charge in [0.05, 0.1) is 6.61 Å². The molecule has 96 valence electrons. The molecule has 0 atom stereocenters. The predicted molar refractivity (Wildman–Crippen MR) is 78.3 cm³/mol. The van der Waals surface area contributed by atoms with E-state index >= 15 is 0 Å². The molecule has 1 rings (SSSR count). The second-order valence-electron chi connectivity index (χ2n) is 4.38. The van der Waals surface area contributed by atoms with Crippen LogP contribution in [0.1, 0.15) is 44.6 Å². The molecule has 0 radical (unpaired) electrons. The van der Waals surface area contributed by atoms with Crippen LogP contribution < -0.4 is 4.74 Å². The van der Waals surface area contributed by atoms with Crippen LogP contribution in [0.2, 0.25) is 0 Å². The van der Waals surface area contributed by atoms with Gasteiger partial charge in [-0.2, -0.15) is 12.6 Å². The molecule has 0 saturated heterocycles. The van der Waals surface area contributed by atoms with E-state index in [0.717, 1.165) is 24.5 Å². The molecule has 0 fully saturated rings. The van der Waals surface area contributed by atoms with Crippen molar-refractivity contribution in [3.05, 3.63) is 29.8 Å². The summed E-state index contributed by atoms with van der Waals surface area (Å²) in [6, 6.07) is 8.53. The SMILES string of the molecule is CCCCc1ccc(OCCCCCS)cc1. The Morgan fingerprint density at radius 3 is 2.41 bits per heavy atom. The number of benzene rings is 1. The van der Waals surface area contributed by atoms with Crippen molar-refractivity contribution in [1.29, 1.82) is 0 Å². The summed E-state index contributed by atoms with van der Waals surface area (Å²) in [5.74, 6) is 1.97. The number of thiol groups is 1. The average molecular weight is 252 g/mol. The summed E-state index contributed by atoms with van der Waals surface area (Å²) in [6.45, 7) is 3.05. The number of aryl methyl sites for hydroxylation is 1. The van der Waals surface area contributed by atoms with Crippen molar-refractivity contribution in [2.24, 2.45) is 0 Å². The largest absolute Gasteiger partial charge is 0.494 e. The van der Waals surface area contributed by atoms with Gasteiger partial charge in [0.1, 0.15) is 5.75 Å². The van der Waals surface area contributed by atoms with Gasteiger partial charge in [0.15, 0.2) is 0 Å². The van der Waals surface area contributed by atoms with Crippen molar-refractivity contribution in [2.75, 3.05) is 12.4 Å². The monoisotopic (exact) mass is 252 g/mol. The van der Waals surface area contributed by atoms with Crippen LogP contribution >= 0.6 is 12.6 Å². The molecule has 1 nitrogen and oxygen atoms in total. The van der Waals surface area contributed by atoms with Crippen LogP contribution in [0.5, 0.6) is 5.75 Å². The van der Waals surface area contributed by atoms with E-state index in [1.165, 1.54) is 37.7 Å². The van der Waals surface area contributed by atoms with Crippen LogP contribution in [0.4, 0.5) is 0 Å². The molecule has 0 aliphatic carbocycles. The highest BCUT2D eigenvalue weighted by atomic mass is 32.1. The van der Waals surface area contributed by atoms with E-state index in [1.54, 1.807) is 0 Å². The fourth-order valence-electron chi connectivity index (χ4n) is 1.71. The zero-order valence-electron chi connectivity index (χ0n) is 10.8. The topological polar surface area (TPSA) is 9.23 Å². The zero-order chi connectivity index (χ0) is 12.3. The second-order valence-corrected chi connectivity index (χ2v) is 4.83. The Hall–Kier alpha value is -0.630. The van der Waals surface area contributed by atoms with Crippen molar-refractivity contribution in [2.45, 2.75) is 45.4 Å². The van der Waals surface area contributed by atoms with Crippen LogP contribution in [-0.4, -0.2) is 12.4 Å². The Morgan fingerprint density at radius 2 is 1.76 bits per heavy atom. The van der Waals surface area contributed by atoms with Gasteiger partial charge in [0, 0.05) is 0 Å². The number of unbranched alkanes of at least 4 members (excludes halogenated alkanes) is 3. The minimum Gasteiger partial charge on any atom is -0.494 e. The van der Waals surface area contributed by atoms with Gasteiger partial charge in [-0.15, -0.1) is 0 Å². The Labute approximate surface area is 111 Å². The highest BCUT2D eigenvalue weighted by Crippen LogP contribution is 2.14. The summed E-state index contributed by atoms with van der Waals surface area (Å²) in [5, 5.41) is 0. The van der Waals surface area contributed by atoms with Gasteiger partial charge in [-0.25, -0.2) is 0 Å². The Balaban J connectivity index is 2.20. The van der Waals surface area contributed by atoms with Crippen molar-refractivity contribution in [3.8, 4) is 5.75 Å². The van der Waals surface area contributed by atoms with Crippen LogP contribution in [0, 0.1) is 0 Å². The van der Waals surface area contributed by atoms with E-state index in [2.05, 4.69) is 43.8 Å². The predicted octanol–water partition coefficient (Wildman–Crippen LogP) is 4.51. The molecule has 0 spiro atoms. The van der Waals surface area contributed by atoms with E-state index in [4.69, 9.17) is 4.74 Å². The molecule has 0 aliphatic rings. The number of ether oxygens (including phenoxy) is 1. The molecule has 17 heavy (non-hydrogen) atoms. The summed E-state index contributed by atoms with van der Waals surface area (Å²) in [7, 11) is 0. The third kappa shape index (κ3) is 6.62. The van der Waals surface area contributed by atoms with Crippen molar-refractivity contribution in [1.82, 2.24) is 0 Å². The number of rotatable bonds is 9. The van der Waals surface area contributed by atoms with Gasteiger partial charge < -0.3 is 4.74 Å². The lowest BCUT2D eigenvalue weighted by Crippen LogP contribution is -1.97. The molecule has 0 aromatic heterocycles. The minimum atomic E-state index is 0.822. The second kappa shape index (κ2) is 9.41. The Morgan fingerprint density at radius 1 is 1.00 bits per heavy atom. The highest BCUT2D eigenvalue weighted by Gasteiger charge is 1.96. The Kier molecular flexibility index (Phi) is 7.98. The van der Waals surface area contributed by atoms with Gasteiger partial charge in [-0.3, -0.25) is 0 Å². The zero-order valence-corrected chi connectivity index (χ0v) is 11.7. The number of hydrogen-bond donors (Lipinski definition) is 1. The molecule has 0 saturated carbocycles. The molecule has 2 heteroatoms.